The van der Waals surface area contributed by atoms with E-state index >= 15 is 0 Å². The Morgan fingerprint density at radius 2 is 1.83 bits per heavy atom. The fourth-order valence-electron chi connectivity index (χ4n) is 6.09. The highest BCUT2D eigenvalue weighted by molar-refractivity contribution is 5.90. The largest absolute Gasteiger partial charge is 0.378 e. The molecule has 1 aliphatic carbocycles. The zero-order chi connectivity index (χ0) is 24.3. The van der Waals surface area contributed by atoms with E-state index in [0.29, 0.717) is 23.9 Å². The van der Waals surface area contributed by atoms with E-state index in [2.05, 4.69) is 67.3 Å². The molecular formula is C28H36N6O. The van der Waals surface area contributed by atoms with Crippen molar-refractivity contribution in [3.8, 4) is 11.3 Å². The number of nitrogens with one attached hydrogen (secondary N) is 2. The molecule has 184 valence electrons. The Hall–Kier alpha value is -2.77. The first-order valence-corrected chi connectivity index (χ1v) is 13.1. The van der Waals surface area contributed by atoms with Crippen molar-refractivity contribution in [1.29, 1.82) is 0 Å². The summed E-state index contributed by atoms with van der Waals surface area (Å²) in [5, 5.41) is 8.20. The maximum absolute atomic E-state index is 5.38. The van der Waals surface area contributed by atoms with Crippen LogP contribution in [0, 0.1) is 20.8 Å². The van der Waals surface area contributed by atoms with Gasteiger partial charge in [0.2, 0.25) is 0 Å². The van der Waals surface area contributed by atoms with Gasteiger partial charge < -0.3 is 15.0 Å². The van der Waals surface area contributed by atoms with Crippen LogP contribution in [0.2, 0.25) is 0 Å². The number of nitrogens with zero attached hydrogens (tertiary/aromatic N) is 4. The van der Waals surface area contributed by atoms with Crippen molar-refractivity contribution in [3.63, 3.8) is 0 Å². The summed E-state index contributed by atoms with van der Waals surface area (Å²) >= 11 is 0. The van der Waals surface area contributed by atoms with E-state index < -0.39 is 0 Å². The van der Waals surface area contributed by atoms with E-state index in [0.717, 1.165) is 41.2 Å². The summed E-state index contributed by atoms with van der Waals surface area (Å²) in [6.07, 6.45) is 8.55. The van der Waals surface area contributed by atoms with Crippen LogP contribution in [0.3, 0.4) is 0 Å². The number of rotatable bonds is 5. The van der Waals surface area contributed by atoms with Crippen LogP contribution in [-0.4, -0.2) is 49.9 Å². The minimum Gasteiger partial charge on any atom is -0.378 e. The van der Waals surface area contributed by atoms with Crippen molar-refractivity contribution in [2.45, 2.75) is 84.2 Å². The monoisotopic (exact) mass is 472 g/mol. The number of aromatic amines is 1. The molecule has 2 N–H and O–H groups in total. The van der Waals surface area contributed by atoms with Crippen LogP contribution < -0.4 is 5.32 Å². The summed E-state index contributed by atoms with van der Waals surface area (Å²) in [7, 11) is 0. The van der Waals surface area contributed by atoms with Gasteiger partial charge in [-0.15, -0.1) is 0 Å². The van der Waals surface area contributed by atoms with Gasteiger partial charge in [-0.05, 0) is 75.1 Å². The second-order valence-electron chi connectivity index (χ2n) is 10.9. The van der Waals surface area contributed by atoms with Crippen LogP contribution >= 0.6 is 0 Å². The normalized spacial score (nSPS) is 21.3. The molecular weight excluding hydrogens is 436 g/mol. The van der Waals surface area contributed by atoms with Gasteiger partial charge in [0, 0.05) is 35.0 Å². The standard InChI is InChI=1S/C28H36N6O/c1-15(2)24-26(22-11-34-28(29-14-30-34)18(5)17(22)4)32-23-10-16(3)25(33-27(23)24)19-6-8-20(9-7-19)31-21-12-35-13-21/h10-11,14-15,19-21,31-32H,6-9,12-13H2,1-5H3. The van der Waals surface area contributed by atoms with Crippen LogP contribution in [-0.2, 0) is 4.74 Å². The molecule has 4 aromatic heterocycles. The average molecular weight is 473 g/mol. The Morgan fingerprint density at radius 3 is 2.51 bits per heavy atom. The van der Waals surface area contributed by atoms with Gasteiger partial charge in [0.15, 0.2) is 5.65 Å². The Bertz CT molecular complexity index is 1390. The summed E-state index contributed by atoms with van der Waals surface area (Å²) in [5.74, 6) is 0.876. The summed E-state index contributed by atoms with van der Waals surface area (Å²) in [5.41, 5.74) is 11.8. The lowest BCUT2D eigenvalue weighted by molar-refractivity contribution is -0.0121. The minimum absolute atomic E-state index is 0.345. The van der Waals surface area contributed by atoms with Crippen LogP contribution in [0.4, 0.5) is 0 Å². The Morgan fingerprint density at radius 1 is 1.06 bits per heavy atom. The molecule has 1 saturated heterocycles. The maximum Gasteiger partial charge on any atom is 0.158 e. The fraction of sp³-hybridized carbons (Fsp3) is 0.536. The second-order valence-corrected chi connectivity index (χ2v) is 10.9. The van der Waals surface area contributed by atoms with E-state index in [9.17, 15) is 0 Å². The van der Waals surface area contributed by atoms with Crippen molar-refractivity contribution in [1.82, 2.24) is 29.9 Å². The van der Waals surface area contributed by atoms with Gasteiger partial charge in [-0.25, -0.2) is 9.50 Å². The van der Waals surface area contributed by atoms with Crippen LogP contribution in [0.25, 0.3) is 27.9 Å². The van der Waals surface area contributed by atoms with Gasteiger partial charge in [0.1, 0.15) is 6.33 Å². The molecule has 6 rings (SSSR count). The highest BCUT2D eigenvalue weighted by atomic mass is 16.5. The van der Waals surface area contributed by atoms with Gasteiger partial charge in [-0.2, -0.15) is 5.10 Å². The lowest BCUT2D eigenvalue weighted by Crippen LogP contribution is -2.51. The number of ether oxygens (including phenoxy) is 1. The smallest absolute Gasteiger partial charge is 0.158 e. The first kappa shape index (κ1) is 22.7. The lowest BCUT2D eigenvalue weighted by atomic mass is 9.82. The number of hydrogen-bond donors (Lipinski definition) is 2. The third-order valence-corrected chi connectivity index (χ3v) is 8.23. The van der Waals surface area contributed by atoms with E-state index in [1.807, 2.05) is 4.52 Å². The fourth-order valence-corrected chi connectivity index (χ4v) is 6.09. The first-order chi connectivity index (χ1) is 16.9. The van der Waals surface area contributed by atoms with E-state index in [4.69, 9.17) is 9.72 Å². The van der Waals surface area contributed by atoms with Crippen LogP contribution in [0.1, 0.15) is 79.3 Å². The van der Waals surface area contributed by atoms with Crippen molar-refractivity contribution in [2.75, 3.05) is 13.2 Å². The second kappa shape index (κ2) is 8.71. The molecule has 2 aliphatic rings. The number of aryl methyl sites for hydroxylation is 2. The highest BCUT2D eigenvalue weighted by Crippen LogP contribution is 2.40. The predicted octanol–water partition coefficient (Wildman–Crippen LogP) is 5.34. The summed E-state index contributed by atoms with van der Waals surface area (Å²) < 4.78 is 7.22. The van der Waals surface area contributed by atoms with E-state index in [1.165, 1.54) is 53.6 Å². The third-order valence-electron chi connectivity index (χ3n) is 8.23. The van der Waals surface area contributed by atoms with Crippen molar-refractivity contribution in [2.24, 2.45) is 0 Å². The van der Waals surface area contributed by atoms with E-state index in [1.54, 1.807) is 6.33 Å². The SMILES string of the molecule is Cc1cc2[nH]c(-c3cn4ncnc4c(C)c3C)c(C(C)C)c2nc1C1CCC(NC2COC2)CC1. The van der Waals surface area contributed by atoms with Crippen LogP contribution in [0.15, 0.2) is 18.6 Å². The molecule has 0 aromatic carbocycles. The van der Waals surface area contributed by atoms with Crippen molar-refractivity contribution in [3.05, 3.63) is 46.5 Å². The van der Waals surface area contributed by atoms with Crippen LogP contribution in [0.5, 0.6) is 0 Å². The molecule has 4 aromatic rings. The molecule has 0 atom stereocenters. The molecule has 0 radical (unpaired) electrons. The molecule has 7 nitrogen and oxygen atoms in total. The maximum atomic E-state index is 5.38. The molecule has 35 heavy (non-hydrogen) atoms. The predicted molar refractivity (Wildman–Crippen MR) is 139 cm³/mol. The Labute approximate surface area is 206 Å². The number of pyridine rings is 2. The number of hydrogen-bond acceptors (Lipinski definition) is 5. The molecule has 5 heterocycles. The minimum atomic E-state index is 0.345. The van der Waals surface area contributed by atoms with Crippen molar-refractivity contribution >= 4 is 16.7 Å². The van der Waals surface area contributed by atoms with Gasteiger partial charge in [0.05, 0.1) is 36.0 Å². The molecule has 0 spiro atoms. The van der Waals surface area contributed by atoms with E-state index in [-0.39, 0.29) is 0 Å². The molecule has 1 saturated carbocycles. The van der Waals surface area contributed by atoms with Gasteiger partial charge in [0.25, 0.3) is 0 Å². The molecule has 0 bridgehead atoms. The van der Waals surface area contributed by atoms with Gasteiger partial charge in [-0.1, -0.05) is 13.8 Å². The number of aromatic nitrogens is 5. The Kier molecular flexibility index (Phi) is 5.65. The number of fused-ring (bicyclic) bond motifs is 2. The zero-order valence-corrected chi connectivity index (χ0v) is 21.5. The van der Waals surface area contributed by atoms with Crippen molar-refractivity contribution < 1.29 is 4.74 Å². The van der Waals surface area contributed by atoms with Gasteiger partial charge >= 0.3 is 0 Å². The third kappa shape index (κ3) is 3.85. The molecule has 0 unspecified atom stereocenters. The molecule has 0 amide bonds. The topological polar surface area (TPSA) is 80.1 Å². The quantitative estimate of drug-likeness (QED) is 0.410. The average Bonchev–Trinajstić information content (AvgIpc) is 3.43. The molecule has 7 heteroatoms. The summed E-state index contributed by atoms with van der Waals surface area (Å²) in [6, 6.07) is 3.50. The lowest BCUT2D eigenvalue weighted by Gasteiger charge is -2.35. The molecule has 2 fully saturated rings. The van der Waals surface area contributed by atoms with Gasteiger partial charge in [-0.3, -0.25) is 4.98 Å². The molecule has 1 aliphatic heterocycles. The Balaban J connectivity index is 1.38. The summed E-state index contributed by atoms with van der Waals surface area (Å²) in [6.45, 7) is 12.8. The zero-order valence-electron chi connectivity index (χ0n) is 21.5. The number of H-pyrrole nitrogens is 1. The first-order valence-electron chi connectivity index (χ1n) is 13.1. The highest BCUT2D eigenvalue weighted by Gasteiger charge is 2.29. The summed E-state index contributed by atoms with van der Waals surface area (Å²) in [4.78, 5) is 13.6.